The van der Waals surface area contributed by atoms with Crippen LogP contribution >= 0.6 is 0 Å². The third-order valence-electron chi connectivity index (χ3n) is 5.66. The fourth-order valence-corrected chi connectivity index (χ4v) is 5.20. The summed E-state index contributed by atoms with van der Waals surface area (Å²) in [5, 5.41) is -0.530. The third-order valence-corrected chi connectivity index (χ3v) is 8.26. The lowest BCUT2D eigenvalue weighted by Gasteiger charge is -2.23. The summed E-state index contributed by atoms with van der Waals surface area (Å²) < 4.78 is 72.7. The summed E-state index contributed by atoms with van der Waals surface area (Å²) in [5.74, 6) is -0.0725. The van der Waals surface area contributed by atoms with Crippen LogP contribution in [0, 0.1) is 5.82 Å². The van der Waals surface area contributed by atoms with Gasteiger partial charge in [0.1, 0.15) is 17.7 Å². The van der Waals surface area contributed by atoms with Crippen LogP contribution in [0.4, 0.5) is 4.39 Å². The number of hydrogen-bond acceptors (Lipinski definition) is 5. The lowest BCUT2D eigenvalue weighted by Crippen LogP contribution is -2.44. The summed E-state index contributed by atoms with van der Waals surface area (Å²) in [6.45, 7) is 3.55. The molecule has 0 bridgehead atoms. The van der Waals surface area contributed by atoms with E-state index in [1.54, 1.807) is 38.1 Å². The molecule has 2 N–H and O–H groups in total. The molecular formula is C23H31FN2O5S2. The molecule has 2 atom stereocenters. The van der Waals surface area contributed by atoms with Gasteiger partial charge in [0.05, 0.1) is 17.5 Å². The second-order valence-corrected chi connectivity index (χ2v) is 12.8. The van der Waals surface area contributed by atoms with Gasteiger partial charge in [-0.05, 0) is 62.8 Å². The maximum Gasteiger partial charge on any atom is 0.214 e. The molecule has 1 aliphatic rings. The summed E-state index contributed by atoms with van der Waals surface area (Å²) in [6.07, 6.45) is 3.52. The van der Waals surface area contributed by atoms with Gasteiger partial charge in [-0.1, -0.05) is 24.3 Å². The first-order valence-electron chi connectivity index (χ1n) is 11.0. The molecule has 0 radical (unpaired) electrons. The molecule has 2 unspecified atom stereocenters. The van der Waals surface area contributed by atoms with Gasteiger partial charge in [0.2, 0.25) is 20.0 Å². The number of rotatable bonds is 10. The van der Waals surface area contributed by atoms with Crippen LogP contribution in [-0.4, -0.2) is 47.0 Å². The molecule has 0 heterocycles. The molecule has 0 amide bonds. The zero-order chi connectivity index (χ0) is 24.2. The maximum atomic E-state index is 14.9. The van der Waals surface area contributed by atoms with Gasteiger partial charge in [-0.15, -0.1) is 0 Å². The summed E-state index contributed by atoms with van der Waals surface area (Å²) in [7, 11) is -6.64. The average Bonchev–Trinajstić information content (AvgIpc) is 3.13. The number of ether oxygens (including phenoxy) is 1. The lowest BCUT2D eigenvalue weighted by molar-refractivity contribution is 0.184. The Morgan fingerprint density at radius 2 is 1.76 bits per heavy atom. The van der Waals surface area contributed by atoms with E-state index in [2.05, 4.69) is 9.44 Å². The van der Waals surface area contributed by atoms with E-state index in [-0.39, 0.29) is 12.1 Å². The summed E-state index contributed by atoms with van der Waals surface area (Å²) in [6, 6.07) is 11.6. The first-order chi connectivity index (χ1) is 15.4. The van der Waals surface area contributed by atoms with Gasteiger partial charge in [-0.2, -0.15) is 0 Å². The van der Waals surface area contributed by atoms with Gasteiger partial charge >= 0.3 is 0 Å². The first-order valence-corrected chi connectivity index (χ1v) is 14.4. The van der Waals surface area contributed by atoms with Crippen molar-refractivity contribution in [2.45, 2.75) is 56.9 Å². The van der Waals surface area contributed by atoms with Crippen molar-refractivity contribution < 1.29 is 26.0 Å². The van der Waals surface area contributed by atoms with Gasteiger partial charge in [0, 0.05) is 18.2 Å². The molecule has 0 aliphatic heterocycles. The van der Waals surface area contributed by atoms with Gasteiger partial charge in [-0.3, -0.25) is 0 Å². The zero-order valence-corrected chi connectivity index (χ0v) is 20.7. The average molecular weight is 499 g/mol. The molecule has 7 nitrogen and oxygen atoms in total. The minimum absolute atomic E-state index is 0.300. The van der Waals surface area contributed by atoms with Crippen molar-refractivity contribution in [1.29, 1.82) is 0 Å². The highest BCUT2D eigenvalue weighted by Crippen LogP contribution is 2.30. The molecule has 1 fully saturated rings. The second kappa shape index (κ2) is 10.5. The Hall–Kier alpha value is -2.01. The van der Waals surface area contributed by atoms with E-state index < -0.39 is 31.1 Å². The second-order valence-electron chi connectivity index (χ2n) is 8.66. The number of hydrogen-bond donors (Lipinski definition) is 2. The molecule has 0 aromatic heterocycles. The van der Waals surface area contributed by atoms with Crippen molar-refractivity contribution in [2.75, 3.05) is 12.8 Å². The molecule has 33 heavy (non-hydrogen) atoms. The quantitative estimate of drug-likeness (QED) is 0.524. The molecule has 2 aromatic carbocycles. The predicted molar refractivity (Wildman–Crippen MR) is 128 cm³/mol. The molecular weight excluding hydrogens is 467 g/mol. The van der Waals surface area contributed by atoms with E-state index in [1.165, 1.54) is 6.07 Å². The Morgan fingerprint density at radius 3 is 2.36 bits per heavy atom. The van der Waals surface area contributed by atoms with Crippen molar-refractivity contribution in [3.05, 3.63) is 53.8 Å². The standard InChI is InChI=1S/C23H31FN2O5S2/c1-16(2)33(29,30)26-22-5-4-6-23(22)31-19-11-12-20(21(24)15-19)18-9-7-17(8-10-18)13-14-25-32(3,27)28/h7-12,15-16,22-23,25-26H,4-6,13-14H2,1-3H3. The Kier molecular flexibility index (Phi) is 8.15. The van der Waals surface area contributed by atoms with Gasteiger partial charge in [0.25, 0.3) is 0 Å². The van der Waals surface area contributed by atoms with Gasteiger partial charge in [-0.25, -0.2) is 30.7 Å². The van der Waals surface area contributed by atoms with Gasteiger partial charge < -0.3 is 4.74 Å². The van der Waals surface area contributed by atoms with Crippen molar-refractivity contribution in [2.24, 2.45) is 0 Å². The van der Waals surface area contributed by atoms with Crippen molar-refractivity contribution >= 4 is 20.0 Å². The third kappa shape index (κ3) is 7.23. The van der Waals surface area contributed by atoms with E-state index in [0.29, 0.717) is 42.7 Å². The van der Waals surface area contributed by atoms with E-state index in [4.69, 9.17) is 4.74 Å². The Balaban J connectivity index is 1.65. The molecule has 1 aliphatic carbocycles. The highest BCUT2D eigenvalue weighted by atomic mass is 32.2. The summed E-state index contributed by atoms with van der Waals surface area (Å²) >= 11 is 0. The van der Waals surface area contributed by atoms with Crippen LogP contribution in [0.5, 0.6) is 5.75 Å². The van der Waals surface area contributed by atoms with Crippen LogP contribution in [0.25, 0.3) is 11.1 Å². The van der Waals surface area contributed by atoms with Crippen LogP contribution in [0.1, 0.15) is 38.7 Å². The predicted octanol–water partition coefficient (Wildman–Crippen LogP) is 3.21. The summed E-state index contributed by atoms with van der Waals surface area (Å²) in [5.41, 5.74) is 2.06. The van der Waals surface area contributed by atoms with Crippen molar-refractivity contribution in [1.82, 2.24) is 9.44 Å². The van der Waals surface area contributed by atoms with Gasteiger partial charge in [0.15, 0.2) is 0 Å². The van der Waals surface area contributed by atoms with Crippen LogP contribution in [0.3, 0.4) is 0 Å². The molecule has 10 heteroatoms. The molecule has 1 saturated carbocycles. The number of benzene rings is 2. The normalized spacial score (nSPS) is 19.2. The Labute approximate surface area is 195 Å². The molecule has 0 saturated heterocycles. The van der Waals surface area contributed by atoms with Crippen LogP contribution in [0.15, 0.2) is 42.5 Å². The molecule has 0 spiro atoms. The molecule has 2 aromatic rings. The molecule has 182 valence electrons. The van der Waals surface area contributed by atoms with Crippen LogP contribution in [0.2, 0.25) is 0 Å². The fraction of sp³-hybridized carbons (Fsp3) is 0.478. The highest BCUT2D eigenvalue weighted by molar-refractivity contribution is 7.90. The maximum absolute atomic E-state index is 14.9. The van der Waals surface area contributed by atoms with E-state index in [1.807, 2.05) is 12.1 Å². The number of sulfonamides is 2. The first kappa shape index (κ1) is 25.6. The molecule has 3 rings (SSSR count). The monoisotopic (exact) mass is 498 g/mol. The zero-order valence-electron chi connectivity index (χ0n) is 19.0. The highest BCUT2D eigenvalue weighted by Gasteiger charge is 2.33. The van der Waals surface area contributed by atoms with Crippen molar-refractivity contribution in [3.63, 3.8) is 0 Å². The van der Waals surface area contributed by atoms with Crippen LogP contribution in [-0.2, 0) is 26.5 Å². The topological polar surface area (TPSA) is 102 Å². The smallest absolute Gasteiger partial charge is 0.214 e. The number of halogens is 1. The minimum Gasteiger partial charge on any atom is -0.489 e. The van der Waals surface area contributed by atoms with E-state index in [0.717, 1.165) is 18.2 Å². The van der Waals surface area contributed by atoms with E-state index in [9.17, 15) is 21.2 Å². The van der Waals surface area contributed by atoms with E-state index >= 15 is 0 Å². The largest absolute Gasteiger partial charge is 0.489 e. The fourth-order valence-electron chi connectivity index (χ4n) is 3.76. The summed E-state index contributed by atoms with van der Waals surface area (Å²) in [4.78, 5) is 0. The Bertz CT molecular complexity index is 1170. The lowest BCUT2D eigenvalue weighted by atomic mass is 10.0. The minimum atomic E-state index is -3.41. The Morgan fingerprint density at radius 1 is 1.06 bits per heavy atom. The van der Waals surface area contributed by atoms with Crippen molar-refractivity contribution in [3.8, 4) is 16.9 Å². The SMILES string of the molecule is CC(C)S(=O)(=O)NC1CCCC1Oc1ccc(-c2ccc(CCNS(C)(=O)=O)cc2)c(F)c1. The van der Waals surface area contributed by atoms with Crippen LogP contribution < -0.4 is 14.2 Å². The number of nitrogens with one attached hydrogen (secondary N) is 2.